The number of carboxylic acids is 1. The van der Waals surface area contributed by atoms with Gasteiger partial charge >= 0.3 is 5.97 Å². The summed E-state index contributed by atoms with van der Waals surface area (Å²) in [4.78, 5) is 11.3. The Morgan fingerprint density at radius 3 is 2.67 bits per heavy atom. The molecule has 1 spiro atoms. The van der Waals surface area contributed by atoms with Gasteiger partial charge in [-0.05, 0) is 31.6 Å². The number of hydrogen-bond acceptors (Lipinski definition) is 2. The van der Waals surface area contributed by atoms with Crippen LogP contribution in [0.3, 0.4) is 0 Å². The molecule has 1 heterocycles. The van der Waals surface area contributed by atoms with Crippen molar-refractivity contribution in [2.24, 2.45) is 17.3 Å². The van der Waals surface area contributed by atoms with E-state index in [0.717, 1.165) is 32.3 Å². The third-order valence-corrected chi connectivity index (χ3v) is 4.78. The first-order valence-electron chi connectivity index (χ1n) is 6.10. The summed E-state index contributed by atoms with van der Waals surface area (Å²) in [6, 6.07) is 0. The SMILES string of the molecule is O=C(O)[C@@H]1[C@@H]2CCCO[C@H]2C12CCCC2. The number of rotatable bonds is 1. The fourth-order valence-electron chi connectivity index (χ4n) is 4.28. The number of carboxylic acid groups (broad SMARTS) is 1. The second-order valence-electron chi connectivity index (χ2n) is 5.35. The van der Waals surface area contributed by atoms with Crippen LogP contribution in [0, 0.1) is 17.3 Å². The van der Waals surface area contributed by atoms with Gasteiger partial charge in [-0.3, -0.25) is 4.79 Å². The van der Waals surface area contributed by atoms with E-state index < -0.39 is 5.97 Å². The van der Waals surface area contributed by atoms with Gasteiger partial charge in [-0.2, -0.15) is 0 Å². The first-order chi connectivity index (χ1) is 7.26. The highest BCUT2D eigenvalue weighted by atomic mass is 16.5. The molecule has 3 atom stereocenters. The number of aliphatic carboxylic acids is 1. The number of carbonyl (C=O) groups is 1. The zero-order valence-corrected chi connectivity index (χ0v) is 8.95. The third kappa shape index (κ3) is 1.13. The highest BCUT2D eigenvalue weighted by molar-refractivity contribution is 5.73. The molecule has 0 unspecified atom stereocenters. The fraction of sp³-hybridized carbons (Fsp3) is 0.917. The van der Waals surface area contributed by atoms with Gasteiger partial charge in [0.15, 0.2) is 0 Å². The highest BCUT2D eigenvalue weighted by Crippen LogP contribution is 2.63. The summed E-state index contributed by atoms with van der Waals surface area (Å²) in [7, 11) is 0. The van der Waals surface area contributed by atoms with Gasteiger partial charge in [-0.15, -0.1) is 0 Å². The van der Waals surface area contributed by atoms with E-state index in [1.165, 1.54) is 12.8 Å². The summed E-state index contributed by atoms with van der Waals surface area (Å²) in [6.45, 7) is 0.843. The minimum atomic E-state index is -0.580. The maximum Gasteiger partial charge on any atom is 0.307 e. The average Bonchev–Trinajstić information content (AvgIpc) is 2.67. The van der Waals surface area contributed by atoms with Crippen molar-refractivity contribution >= 4 is 5.97 Å². The highest BCUT2D eigenvalue weighted by Gasteiger charge is 2.66. The molecule has 1 N–H and O–H groups in total. The van der Waals surface area contributed by atoms with Gasteiger partial charge in [0, 0.05) is 12.0 Å². The molecule has 84 valence electrons. The molecule has 1 aliphatic heterocycles. The Hall–Kier alpha value is -0.570. The Morgan fingerprint density at radius 1 is 1.27 bits per heavy atom. The van der Waals surface area contributed by atoms with Gasteiger partial charge in [0.05, 0.1) is 12.0 Å². The van der Waals surface area contributed by atoms with Gasteiger partial charge < -0.3 is 9.84 Å². The van der Waals surface area contributed by atoms with Crippen molar-refractivity contribution in [2.45, 2.75) is 44.6 Å². The maximum absolute atomic E-state index is 11.3. The Kier molecular flexibility index (Phi) is 2.06. The van der Waals surface area contributed by atoms with Gasteiger partial charge in [-0.25, -0.2) is 0 Å². The van der Waals surface area contributed by atoms with Crippen molar-refractivity contribution in [3.63, 3.8) is 0 Å². The summed E-state index contributed by atoms with van der Waals surface area (Å²) in [6.07, 6.45) is 6.91. The minimum Gasteiger partial charge on any atom is -0.481 e. The van der Waals surface area contributed by atoms with E-state index in [9.17, 15) is 9.90 Å². The summed E-state index contributed by atoms with van der Waals surface area (Å²) in [5.74, 6) is -0.372. The van der Waals surface area contributed by atoms with Gasteiger partial charge in [-0.1, -0.05) is 12.8 Å². The molecule has 0 aromatic rings. The molecule has 0 aromatic heterocycles. The predicted molar refractivity (Wildman–Crippen MR) is 54.5 cm³/mol. The van der Waals surface area contributed by atoms with Gasteiger partial charge in [0.1, 0.15) is 0 Å². The second kappa shape index (κ2) is 3.21. The van der Waals surface area contributed by atoms with E-state index in [-0.39, 0.29) is 17.4 Å². The van der Waals surface area contributed by atoms with Crippen LogP contribution in [0.1, 0.15) is 38.5 Å². The normalized spacial score (nSPS) is 42.3. The lowest BCUT2D eigenvalue weighted by atomic mass is 9.49. The van der Waals surface area contributed by atoms with E-state index >= 15 is 0 Å². The van der Waals surface area contributed by atoms with Crippen LogP contribution in [0.15, 0.2) is 0 Å². The molecule has 3 rings (SSSR count). The average molecular weight is 210 g/mol. The van der Waals surface area contributed by atoms with Crippen LogP contribution in [0.25, 0.3) is 0 Å². The Bertz CT molecular complexity index is 281. The maximum atomic E-state index is 11.3. The number of ether oxygens (including phenoxy) is 1. The molecule has 0 amide bonds. The summed E-state index contributed by atoms with van der Waals surface area (Å²) in [5.41, 5.74) is 0.0247. The van der Waals surface area contributed by atoms with Crippen molar-refractivity contribution in [3.05, 3.63) is 0 Å². The molecule has 0 aromatic carbocycles. The largest absolute Gasteiger partial charge is 0.481 e. The van der Waals surface area contributed by atoms with Crippen LogP contribution in [-0.2, 0) is 9.53 Å². The van der Waals surface area contributed by atoms with Crippen LogP contribution >= 0.6 is 0 Å². The zero-order valence-electron chi connectivity index (χ0n) is 8.95. The van der Waals surface area contributed by atoms with E-state index in [1.807, 2.05) is 0 Å². The fourth-order valence-corrected chi connectivity index (χ4v) is 4.28. The Balaban J connectivity index is 1.88. The number of fused-ring (bicyclic) bond motifs is 2. The molecule has 15 heavy (non-hydrogen) atoms. The quantitative estimate of drug-likeness (QED) is 0.720. The monoisotopic (exact) mass is 210 g/mol. The topological polar surface area (TPSA) is 46.5 Å². The second-order valence-corrected chi connectivity index (χ2v) is 5.35. The minimum absolute atomic E-state index is 0.0247. The van der Waals surface area contributed by atoms with Crippen molar-refractivity contribution in [3.8, 4) is 0 Å². The van der Waals surface area contributed by atoms with E-state index in [4.69, 9.17) is 4.74 Å². The molecule has 3 nitrogen and oxygen atoms in total. The predicted octanol–water partition coefficient (Wildman–Crippen LogP) is 2.06. The van der Waals surface area contributed by atoms with Crippen LogP contribution in [-0.4, -0.2) is 23.8 Å². The van der Waals surface area contributed by atoms with E-state index in [1.54, 1.807) is 0 Å². The molecule has 3 heteroatoms. The third-order valence-electron chi connectivity index (χ3n) is 4.78. The Labute approximate surface area is 89.8 Å². The first kappa shape index (κ1) is 9.64. The van der Waals surface area contributed by atoms with Crippen molar-refractivity contribution in [1.82, 2.24) is 0 Å². The standard InChI is InChI=1S/C12H18O3/c13-11(14)9-8-4-3-7-15-10(8)12(9)5-1-2-6-12/h8-10H,1-7H2,(H,13,14)/t8-,9-,10+/m0/s1. The van der Waals surface area contributed by atoms with E-state index in [2.05, 4.69) is 0 Å². The lowest BCUT2D eigenvalue weighted by molar-refractivity contribution is -0.233. The summed E-state index contributed by atoms with van der Waals surface area (Å²) >= 11 is 0. The lowest BCUT2D eigenvalue weighted by Crippen LogP contribution is -2.64. The summed E-state index contributed by atoms with van der Waals surface area (Å²) < 4.78 is 5.83. The first-order valence-corrected chi connectivity index (χ1v) is 6.10. The van der Waals surface area contributed by atoms with E-state index in [0.29, 0.717) is 5.92 Å². The molecule has 2 saturated carbocycles. The van der Waals surface area contributed by atoms with Crippen molar-refractivity contribution < 1.29 is 14.6 Å². The van der Waals surface area contributed by atoms with Crippen molar-refractivity contribution in [2.75, 3.05) is 6.61 Å². The molecule has 0 bridgehead atoms. The van der Waals surface area contributed by atoms with Crippen LogP contribution < -0.4 is 0 Å². The Morgan fingerprint density at radius 2 is 2.00 bits per heavy atom. The van der Waals surface area contributed by atoms with Gasteiger partial charge in [0.25, 0.3) is 0 Å². The number of hydrogen-bond donors (Lipinski definition) is 1. The van der Waals surface area contributed by atoms with Crippen LogP contribution in [0.2, 0.25) is 0 Å². The molecular formula is C12H18O3. The molecule has 3 fully saturated rings. The molecular weight excluding hydrogens is 192 g/mol. The lowest BCUT2D eigenvalue weighted by Gasteiger charge is -2.59. The summed E-state index contributed by atoms with van der Waals surface area (Å²) in [5, 5.41) is 9.34. The van der Waals surface area contributed by atoms with Gasteiger partial charge in [0.2, 0.25) is 0 Å². The van der Waals surface area contributed by atoms with Crippen molar-refractivity contribution in [1.29, 1.82) is 0 Å². The molecule has 1 saturated heterocycles. The van der Waals surface area contributed by atoms with Crippen LogP contribution in [0.4, 0.5) is 0 Å². The molecule has 0 radical (unpaired) electrons. The smallest absolute Gasteiger partial charge is 0.307 e. The zero-order chi connectivity index (χ0) is 10.5. The molecule has 2 aliphatic carbocycles. The van der Waals surface area contributed by atoms with Crippen LogP contribution in [0.5, 0.6) is 0 Å². The molecule has 3 aliphatic rings.